The van der Waals surface area contributed by atoms with Crippen molar-refractivity contribution in [3.05, 3.63) is 53.9 Å². The lowest BCUT2D eigenvalue weighted by Gasteiger charge is -2.14. The number of nitrogens with zero attached hydrogens (tertiary/aromatic N) is 3. The number of para-hydroxylation sites is 2. The van der Waals surface area contributed by atoms with Gasteiger partial charge in [0.1, 0.15) is 5.82 Å². The zero-order chi connectivity index (χ0) is 21.3. The second kappa shape index (κ2) is 12.4. The third kappa shape index (κ3) is 6.49. The van der Waals surface area contributed by atoms with Crippen LogP contribution in [0.4, 0.5) is 0 Å². The number of imidazole rings is 1. The Bertz CT molecular complexity index is 1000. The van der Waals surface area contributed by atoms with E-state index in [9.17, 15) is 0 Å². The quantitative estimate of drug-likeness (QED) is 0.186. The van der Waals surface area contributed by atoms with Crippen LogP contribution in [-0.2, 0) is 13.1 Å². The maximum absolute atomic E-state index is 5.65. The molecule has 0 aliphatic heterocycles. The van der Waals surface area contributed by atoms with Gasteiger partial charge in [-0.25, -0.2) is 4.98 Å². The first-order valence-corrected chi connectivity index (χ1v) is 10.3. The van der Waals surface area contributed by atoms with Gasteiger partial charge in [-0.05, 0) is 50.1 Å². The number of benzene rings is 2. The Morgan fingerprint density at radius 3 is 2.68 bits per heavy atom. The van der Waals surface area contributed by atoms with Crippen LogP contribution in [0.5, 0.6) is 11.5 Å². The number of nitrogens with one attached hydrogen (secondary N) is 2. The highest BCUT2D eigenvalue weighted by molar-refractivity contribution is 14.0. The molecule has 0 aliphatic rings. The molecule has 0 saturated carbocycles. The van der Waals surface area contributed by atoms with Crippen molar-refractivity contribution >= 4 is 41.0 Å². The number of hydrogen-bond acceptors (Lipinski definition) is 4. The monoisotopic (exact) mass is 537 g/mol. The normalized spacial score (nSPS) is 11.2. The Hall–Kier alpha value is -2.49. The number of hydrogen-bond donors (Lipinski definition) is 2. The van der Waals surface area contributed by atoms with Crippen molar-refractivity contribution in [3.8, 4) is 11.5 Å². The Kier molecular flexibility index (Phi) is 9.90. The van der Waals surface area contributed by atoms with Crippen LogP contribution in [0, 0.1) is 6.92 Å². The molecule has 0 atom stereocenters. The van der Waals surface area contributed by atoms with Gasteiger partial charge in [-0.3, -0.25) is 4.99 Å². The molecule has 31 heavy (non-hydrogen) atoms. The number of guanidine groups is 1. The fourth-order valence-electron chi connectivity index (χ4n) is 3.43. The molecule has 8 heteroatoms. The van der Waals surface area contributed by atoms with Crippen molar-refractivity contribution in [2.45, 2.75) is 33.4 Å². The molecule has 0 amide bonds. The van der Waals surface area contributed by atoms with E-state index in [0.29, 0.717) is 13.2 Å². The topological polar surface area (TPSA) is 72.7 Å². The highest BCUT2D eigenvalue weighted by Gasteiger charge is 2.08. The molecule has 1 aromatic heterocycles. The van der Waals surface area contributed by atoms with Gasteiger partial charge in [0, 0.05) is 26.7 Å². The molecule has 2 N–H and O–H groups in total. The second-order valence-corrected chi connectivity index (χ2v) is 6.92. The van der Waals surface area contributed by atoms with Gasteiger partial charge in [0.15, 0.2) is 17.5 Å². The van der Waals surface area contributed by atoms with E-state index in [1.165, 1.54) is 5.52 Å². The van der Waals surface area contributed by atoms with E-state index in [-0.39, 0.29) is 24.0 Å². The van der Waals surface area contributed by atoms with Crippen LogP contribution in [0.1, 0.15) is 24.7 Å². The van der Waals surface area contributed by atoms with E-state index in [4.69, 9.17) is 9.47 Å². The predicted molar refractivity (Wildman–Crippen MR) is 137 cm³/mol. The lowest BCUT2D eigenvalue weighted by Crippen LogP contribution is -2.37. The van der Waals surface area contributed by atoms with Crippen molar-refractivity contribution in [1.82, 2.24) is 20.2 Å². The van der Waals surface area contributed by atoms with Crippen LogP contribution in [0.2, 0.25) is 0 Å². The highest BCUT2D eigenvalue weighted by atomic mass is 127. The van der Waals surface area contributed by atoms with E-state index >= 15 is 0 Å². The molecule has 0 aliphatic carbocycles. The summed E-state index contributed by atoms with van der Waals surface area (Å²) < 4.78 is 13.3. The standard InChI is InChI=1S/C23H31N5O2.HI/c1-5-30-22-15-18(11-12-21(22)29-4)16-26-23(24-3)25-13-8-14-28-17(2)27-19-9-6-7-10-20(19)28;/h6-7,9-12,15H,5,8,13-14,16H2,1-4H3,(H2,24,25,26);1H. The fourth-order valence-corrected chi connectivity index (χ4v) is 3.43. The number of aromatic nitrogens is 2. The van der Waals surface area contributed by atoms with Crippen LogP contribution in [0.25, 0.3) is 11.0 Å². The largest absolute Gasteiger partial charge is 0.493 e. The van der Waals surface area contributed by atoms with Crippen molar-refractivity contribution in [3.63, 3.8) is 0 Å². The maximum atomic E-state index is 5.65. The average molecular weight is 537 g/mol. The summed E-state index contributed by atoms with van der Waals surface area (Å²) in [5.74, 6) is 3.31. The molecule has 0 bridgehead atoms. The first-order valence-electron chi connectivity index (χ1n) is 10.3. The van der Waals surface area contributed by atoms with Gasteiger partial charge in [0.25, 0.3) is 0 Å². The minimum atomic E-state index is 0. The van der Waals surface area contributed by atoms with E-state index in [0.717, 1.165) is 53.9 Å². The molecule has 168 valence electrons. The average Bonchev–Trinajstić information content (AvgIpc) is 3.08. The van der Waals surface area contributed by atoms with E-state index in [2.05, 4.69) is 50.3 Å². The van der Waals surface area contributed by atoms with E-state index < -0.39 is 0 Å². The number of aliphatic imine (C=N–C) groups is 1. The van der Waals surface area contributed by atoms with Crippen LogP contribution in [0.3, 0.4) is 0 Å². The van der Waals surface area contributed by atoms with Crippen LogP contribution >= 0.6 is 24.0 Å². The summed E-state index contributed by atoms with van der Waals surface area (Å²) >= 11 is 0. The van der Waals surface area contributed by atoms with Crippen molar-refractivity contribution in [2.24, 2.45) is 4.99 Å². The molecule has 0 spiro atoms. The summed E-state index contributed by atoms with van der Waals surface area (Å²) in [6.07, 6.45) is 0.971. The van der Waals surface area contributed by atoms with Crippen LogP contribution in [-0.4, -0.2) is 42.8 Å². The zero-order valence-corrected chi connectivity index (χ0v) is 21.0. The fraction of sp³-hybridized carbons (Fsp3) is 0.391. The van der Waals surface area contributed by atoms with Crippen LogP contribution in [0.15, 0.2) is 47.5 Å². The summed E-state index contributed by atoms with van der Waals surface area (Å²) in [6.45, 7) is 6.99. The molecule has 7 nitrogen and oxygen atoms in total. The van der Waals surface area contributed by atoms with Gasteiger partial charge in [-0.15, -0.1) is 24.0 Å². The van der Waals surface area contributed by atoms with Gasteiger partial charge >= 0.3 is 0 Å². The van der Waals surface area contributed by atoms with Crippen LogP contribution < -0.4 is 20.1 Å². The Labute approximate surface area is 201 Å². The lowest BCUT2D eigenvalue weighted by molar-refractivity contribution is 0.310. The molecule has 3 rings (SSSR count). The minimum Gasteiger partial charge on any atom is -0.493 e. The summed E-state index contributed by atoms with van der Waals surface area (Å²) in [6, 6.07) is 14.2. The van der Waals surface area contributed by atoms with E-state index in [1.807, 2.05) is 31.2 Å². The summed E-state index contributed by atoms with van der Waals surface area (Å²) in [5, 5.41) is 6.73. The summed E-state index contributed by atoms with van der Waals surface area (Å²) in [5.41, 5.74) is 3.33. The molecule has 0 radical (unpaired) electrons. The van der Waals surface area contributed by atoms with Gasteiger partial charge in [-0.1, -0.05) is 18.2 Å². The molecule has 1 heterocycles. The summed E-state index contributed by atoms with van der Waals surface area (Å²) in [4.78, 5) is 8.94. The zero-order valence-electron chi connectivity index (χ0n) is 18.6. The Morgan fingerprint density at radius 2 is 1.94 bits per heavy atom. The van der Waals surface area contributed by atoms with Gasteiger partial charge in [0.2, 0.25) is 0 Å². The SMILES string of the molecule is CCOc1cc(CNC(=NC)NCCCn2c(C)nc3ccccc32)ccc1OC.I. The number of methoxy groups -OCH3 is 1. The molecule has 2 aromatic carbocycles. The molecule has 0 saturated heterocycles. The highest BCUT2D eigenvalue weighted by Crippen LogP contribution is 2.27. The van der Waals surface area contributed by atoms with Crippen molar-refractivity contribution in [1.29, 1.82) is 0 Å². The number of fused-ring (bicyclic) bond motifs is 1. The molecular formula is C23H32IN5O2. The minimum absolute atomic E-state index is 0. The van der Waals surface area contributed by atoms with Crippen molar-refractivity contribution in [2.75, 3.05) is 27.3 Å². The molecule has 0 fully saturated rings. The molecule has 0 unspecified atom stereocenters. The summed E-state index contributed by atoms with van der Waals surface area (Å²) in [7, 11) is 3.43. The number of rotatable bonds is 9. The van der Waals surface area contributed by atoms with Gasteiger partial charge < -0.3 is 24.7 Å². The number of aryl methyl sites for hydroxylation is 2. The predicted octanol–water partition coefficient (Wildman–Crippen LogP) is 4.13. The van der Waals surface area contributed by atoms with Crippen molar-refractivity contribution < 1.29 is 9.47 Å². The van der Waals surface area contributed by atoms with Gasteiger partial charge in [-0.2, -0.15) is 0 Å². The first-order chi connectivity index (χ1) is 14.7. The molecule has 3 aromatic rings. The first kappa shape index (κ1) is 24.8. The lowest BCUT2D eigenvalue weighted by atomic mass is 10.2. The Morgan fingerprint density at radius 1 is 1.13 bits per heavy atom. The number of ether oxygens (including phenoxy) is 2. The van der Waals surface area contributed by atoms with E-state index in [1.54, 1.807) is 14.2 Å². The second-order valence-electron chi connectivity index (χ2n) is 6.92. The Balaban J connectivity index is 0.00000341. The van der Waals surface area contributed by atoms with Gasteiger partial charge in [0.05, 0.1) is 24.8 Å². The third-order valence-electron chi connectivity index (χ3n) is 4.91. The number of halogens is 1. The maximum Gasteiger partial charge on any atom is 0.191 e. The smallest absolute Gasteiger partial charge is 0.191 e. The molecular weight excluding hydrogens is 505 g/mol. The third-order valence-corrected chi connectivity index (χ3v) is 4.91.